The van der Waals surface area contributed by atoms with E-state index >= 15 is 0 Å². The summed E-state index contributed by atoms with van der Waals surface area (Å²) in [5.74, 6) is 0. The third-order valence-corrected chi connectivity index (χ3v) is 1.57. The minimum Gasteiger partial charge on any atom is -0.423 e. The van der Waals surface area contributed by atoms with Gasteiger partial charge in [0, 0.05) is 0 Å². The van der Waals surface area contributed by atoms with Crippen molar-refractivity contribution >= 4 is 7.12 Å². The summed E-state index contributed by atoms with van der Waals surface area (Å²) in [7, 11) is -1.22. The van der Waals surface area contributed by atoms with Gasteiger partial charge in [0.25, 0.3) is 0 Å². The minimum atomic E-state index is -1.22. The van der Waals surface area contributed by atoms with E-state index in [0.29, 0.717) is 0 Å². The Morgan fingerprint density at radius 3 is 2.11 bits per heavy atom. The average Bonchev–Trinajstić information content (AvgIpc) is 1.59. The molecule has 0 aliphatic heterocycles. The maximum absolute atomic E-state index is 8.59. The first kappa shape index (κ1) is 6.84. The zero-order valence-electron chi connectivity index (χ0n) is 5.76. The molecule has 0 amide bonds. The van der Waals surface area contributed by atoms with Crippen molar-refractivity contribution in [2.75, 3.05) is 0 Å². The van der Waals surface area contributed by atoms with E-state index in [1.165, 1.54) is 0 Å². The summed E-state index contributed by atoms with van der Waals surface area (Å²) in [5, 5.41) is 17.2. The normalized spacial score (nSPS) is 22.4. The molecule has 3 heteroatoms. The van der Waals surface area contributed by atoms with Crippen LogP contribution in [0.25, 0.3) is 0 Å². The van der Waals surface area contributed by atoms with Gasteiger partial charge in [0.1, 0.15) is 0 Å². The molecular weight excluding hydrogens is 115 g/mol. The maximum atomic E-state index is 8.59. The van der Waals surface area contributed by atoms with Gasteiger partial charge in [-0.25, -0.2) is 0 Å². The van der Waals surface area contributed by atoms with Crippen molar-refractivity contribution in [2.24, 2.45) is 5.41 Å². The van der Waals surface area contributed by atoms with Crippen molar-refractivity contribution in [1.82, 2.24) is 0 Å². The zero-order chi connectivity index (χ0) is 7.07. The van der Waals surface area contributed by atoms with Crippen LogP contribution in [0, 0.1) is 5.41 Å². The lowest BCUT2D eigenvalue weighted by atomic mass is 9.60. The van der Waals surface area contributed by atoms with Crippen molar-refractivity contribution in [3.05, 3.63) is 11.5 Å². The number of hydrogen-bond acceptors (Lipinski definition) is 2. The second kappa shape index (κ2) is 1.85. The van der Waals surface area contributed by atoms with Gasteiger partial charge in [-0.05, 0) is 17.3 Å². The molecule has 0 saturated heterocycles. The topological polar surface area (TPSA) is 40.5 Å². The SMILES string of the molecule is CC1(C)C=C(B(O)O)C1. The molecule has 0 aromatic rings. The summed E-state index contributed by atoms with van der Waals surface area (Å²) in [6, 6.07) is 0. The summed E-state index contributed by atoms with van der Waals surface area (Å²) in [4.78, 5) is 0. The molecule has 0 atom stereocenters. The molecule has 0 aromatic heterocycles. The summed E-state index contributed by atoms with van der Waals surface area (Å²) < 4.78 is 0. The van der Waals surface area contributed by atoms with Gasteiger partial charge < -0.3 is 10.0 Å². The largest absolute Gasteiger partial charge is 0.483 e. The van der Waals surface area contributed by atoms with Crippen LogP contribution in [0.4, 0.5) is 0 Å². The molecule has 0 unspecified atom stereocenters. The van der Waals surface area contributed by atoms with E-state index in [1.807, 2.05) is 6.08 Å². The highest BCUT2D eigenvalue weighted by atomic mass is 16.4. The molecule has 2 N–H and O–H groups in total. The van der Waals surface area contributed by atoms with Crippen molar-refractivity contribution in [1.29, 1.82) is 0 Å². The van der Waals surface area contributed by atoms with Gasteiger partial charge in [-0.3, -0.25) is 0 Å². The van der Waals surface area contributed by atoms with E-state index in [2.05, 4.69) is 13.8 Å². The summed E-state index contributed by atoms with van der Waals surface area (Å²) in [6.07, 6.45) is 2.71. The van der Waals surface area contributed by atoms with E-state index in [4.69, 9.17) is 10.0 Å². The van der Waals surface area contributed by atoms with Crippen LogP contribution < -0.4 is 0 Å². The van der Waals surface area contributed by atoms with Crippen molar-refractivity contribution < 1.29 is 10.0 Å². The molecular formula is C6H11BO2. The summed E-state index contributed by atoms with van der Waals surface area (Å²) >= 11 is 0. The maximum Gasteiger partial charge on any atom is 0.483 e. The smallest absolute Gasteiger partial charge is 0.423 e. The second-order valence-corrected chi connectivity index (χ2v) is 3.26. The molecule has 1 rings (SSSR count). The third-order valence-electron chi connectivity index (χ3n) is 1.57. The fourth-order valence-electron chi connectivity index (χ4n) is 1.16. The Bertz CT molecular complexity index is 149. The van der Waals surface area contributed by atoms with Crippen LogP contribution in [0.5, 0.6) is 0 Å². The second-order valence-electron chi connectivity index (χ2n) is 3.26. The highest BCUT2D eigenvalue weighted by Gasteiger charge is 2.32. The minimum absolute atomic E-state index is 0.193. The first-order valence-corrected chi connectivity index (χ1v) is 3.09. The van der Waals surface area contributed by atoms with Crippen LogP contribution in [0.2, 0.25) is 0 Å². The van der Waals surface area contributed by atoms with E-state index in [9.17, 15) is 0 Å². The van der Waals surface area contributed by atoms with Crippen molar-refractivity contribution in [3.8, 4) is 0 Å². The highest BCUT2D eigenvalue weighted by Crippen LogP contribution is 2.37. The Kier molecular flexibility index (Phi) is 1.41. The van der Waals surface area contributed by atoms with Crippen LogP contribution in [0.3, 0.4) is 0 Å². The van der Waals surface area contributed by atoms with Gasteiger partial charge >= 0.3 is 7.12 Å². The van der Waals surface area contributed by atoms with Crippen LogP contribution in [-0.4, -0.2) is 17.2 Å². The predicted molar refractivity (Wildman–Crippen MR) is 36.7 cm³/mol. The first-order valence-electron chi connectivity index (χ1n) is 3.09. The van der Waals surface area contributed by atoms with E-state index in [0.717, 1.165) is 11.9 Å². The fraction of sp³-hybridized carbons (Fsp3) is 0.667. The van der Waals surface area contributed by atoms with Gasteiger partial charge in [0.05, 0.1) is 0 Å². The molecule has 9 heavy (non-hydrogen) atoms. The fourth-order valence-corrected chi connectivity index (χ4v) is 1.16. The molecule has 1 aliphatic carbocycles. The quantitative estimate of drug-likeness (QED) is 0.497. The number of hydrogen-bond donors (Lipinski definition) is 2. The monoisotopic (exact) mass is 126 g/mol. The van der Waals surface area contributed by atoms with Crippen LogP contribution >= 0.6 is 0 Å². The zero-order valence-corrected chi connectivity index (χ0v) is 5.76. The Balaban J connectivity index is 2.54. The molecule has 0 bridgehead atoms. The highest BCUT2D eigenvalue weighted by molar-refractivity contribution is 6.51. The molecule has 2 nitrogen and oxygen atoms in total. The number of allylic oxidation sites excluding steroid dienone is 2. The third kappa shape index (κ3) is 1.34. The Labute approximate surface area is 55.3 Å². The first-order chi connectivity index (χ1) is 4.01. The van der Waals surface area contributed by atoms with Crippen LogP contribution in [0.15, 0.2) is 11.5 Å². The molecule has 50 valence electrons. The molecule has 0 spiro atoms. The summed E-state index contributed by atoms with van der Waals surface area (Å²) in [6.45, 7) is 4.14. The Hall–Kier alpha value is -0.275. The Morgan fingerprint density at radius 1 is 1.56 bits per heavy atom. The number of rotatable bonds is 1. The Morgan fingerprint density at radius 2 is 2.00 bits per heavy atom. The van der Waals surface area contributed by atoms with Crippen molar-refractivity contribution in [3.63, 3.8) is 0 Å². The van der Waals surface area contributed by atoms with Gasteiger partial charge in [0.15, 0.2) is 0 Å². The molecule has 1 aliphatic rings. The molecule has 0 aromatic carbocycles. The average molecular weight is 126 g/mol. The van der Waals surface area contributed by atoms with E-state index < -0.39 is 7.12 Å². The van der Waals surface area contributed by atoms with Gasteiger partial charge in [0.2, 0.25) is 0 Å². The lowest BCUT2D eigenvalue weighted by Gasteiger charge is -2.32. The predicted octanol–water partition coefficient (Wildman–Crippen LogP) is 0.355. The van der Waals surface area contributed by atoms with Gasteiger partial charge in [-0.1, -0.05) is 19.9 Å². The van der Waals surface area contributed by atoms with Crippen LogP contribution in [0.1, 0.15) is 20.3 Å². The lowest BCUT2D eigenvalue weighted by molar-refractivity contribution is 0.374. The molecule has 0 heterocycles. The molecule has 0 fully saturated rings. The van der Waals surface area contributed by atoms with Gasteiger partial charge in [-0.2, -0.15) is 0 Å². The standard InChI is InChI=1S/C6H11BO2/c1-6(2)3-5(4-6)7(8)9/h3,8-9H,4H2,1-2H3. The van der Waals surface area contributed by atoms with Crippen LogP contribution in [-0.2, 0) is 0 Å². The lowest BCUT2D eigenvalue weighted by Crippen LogP contribution is -2.29. The molecule has 0 radical (unpaired) electrons. The van der Waals surface area contributed by atoms with E-state index in [1.54, 1.807) is 0 Å². The molecule has 0 saturated carbocycles. The van der Waals surface area contributed by atoms with Gasteiger partial charge in [-0.15, -0.1) is 0 Å². The van der Waals surface area contributed by atoms with Crippen molar-refractivity contribution in [2.45, 2.75) is 20.3 Å². The van der Waals surface area contributed by atoms with E-state index in [-0.39, 0.29) is 5.41 Å². The summed E-state index contributed by atoms with van der Waals surface area (Å²) in [5.41, 5.74) is 0.943.